The van der Waals surface area contributed by atoms with Crippen LogP contribution in [0.2, 0.25) is 5.15 Å². The molecule has 0 bridgehead atoms. The lowest BCUT2D eigenvalue weighted by atomic mass is 10.3. The maximum atomic E-state index is 11.8. The lowest BCUT2D eigenvalue weighted by Gasteiger charge is -2.27. The molecule has 0 unspecified atom stereocenters. The van der Waals surface area contributed by atoms with Crippen LogP contribution in [0.3, 0.4) is 0 Å². The summed E-state index contributed by atoms with van der Waals surface area (Å²) in [5.41, 5.74) is 5.38. The number of aromatic nitrogens is 2. The van der Waals surface area contributed by atoms with Crippen molar-refractivity contribution in [2.45, 2.75) is 0 Å². The molecule has 1 aliphatic heterocycles. The summed E-state index contributed by atoms with van der Waals surface area (Å²) in [6.07, 6.45) is 0. The third kappa shape index (κ3) is 3.92. The van der Waals surface area contributed by atoms with Crippen molar-refractivity contribution in [3.05, 3.63) is 35.1 Å². The zero-order valence-corrected chi connectivity index (χ0v) is 14.3. The van der Waals surface area contributed by atoms with Crippen LogP contribution in [0.1, 0.15) is 10.5 Å². The molecule has 25 heavy (non-hydrogen) atoms. The van der Waals surface area contributed by atoms with Crippen LogP contribution >= 0.6 is 11.6 Å². The first-order valence-corrected chi connectivity index (χ1v) is 7.98. The number of carbonyl (C=O) groups excluding carboxylic acids is 1. The van der Waals surface area contributed by atoms with Gasteiger partial charge in [0.25, 0.3) is 5.91 Å². The summed E-state index contributed by atoms with van der Waals surface area (Å²) < 4.78 is 16.1. The maximum Gasteiger partial charge on any atom is 0.271 e. The quantitative estimate of drug-likeness (QED) is 0.808. The van der Waals surface area contributed by atoms with Crippen LogP contribution in [-0.2, 0) is 4.74 Å². The Balaban J connectivity index is 1.96. The molecular formula is C16H17ClN4O4. The highest BCUT2D eigenvalue weighted by molar-refractivity contribution is 6.31. The van der Waals surface area contributed by atoms with Crippen molar-refractivity contribution in [1.29, 1.82) is 0 Å². The largest absolute Gasteiger partial charge is 0.497 e. The van der Waals surface area contributed by atoms with Crippen molar-refractivity contribution in [1.82, 2.24) is 9.97 Å². The van der Waals surface area contributed by atoms with Crippen LogP contribution in [0, 0.1) is 0 Å². The van der Waals surface area contributed by atoms with Crippen LogP contribution in [0.25, 0.3) is 0 Å². The van der Waals surface area contributed by atoms with E-state index in [2.05, 4.69) is 9.97 Å². The van der Waals surface area contributed by atoms with Crippen LogP contribution in [0.15, 0.2) is 24.3 Å². The molecule has 8 nitrogen and oxygen atoms in total. The minimum atomic E-state index is -0.753. The Morgan fingerprint density at radius 1 is 1.28 bits per heavy atom. The van der Waals surface area contributed by atoms with E-state index >= 15 is 0 Å². The Kier molecular flexibility index (Phi) is 5.20. The summed E-state index contributed by atoms with van der Waals surface area (Å²) in [6.45, 7) is 2.30. The number of carbonyl (C=O) groups is 1. The van der Waals surface area contributed by atoms with E-state index in [1.54, 1.807) is 31.4 Å². The first-order valence-electron chi connectivity index (χ1n) is 7.60. The Hall–Kier alpha value is -2.58. The second kappa shape index (κ2) is 7.54. The molecule has 1 aliphatic rings. The van der Waals surface area contributed by atoms with E-state index in [1.165, 1.54) is 0 Å². The number of primary amides is 1. The number of halogens is 1. The summed E-state index contributed by atoms with van der Waals surface area (Å²) >= 11 is 6.25. The van der Waals surface area contributed by atoms with E-state index in [4.69, 9.17) is 31.5 Å². The minimum absolute atomic E-state index is 0.00751. The molecule has 0 atom stereocenters. The van der Waals surface area contributed by atoms with Gasteiger partial charge in [-0.05, 0) is 12.1 Å². The van der Waals surface area contributed by atoms with Crippen LogP contribution in [-0.4, -0.2) is 49.3 Å². The van der Waals surface area contributed by atoms with Crippen molar-refractivity contribution in [3.63, 3.8) is 0 Å². The molecule has 1 saturated heterocycles. The summed E-state index contributed by atoms with van der Waals surface area (Å²) in [6, 6.07) is 6.85. The van der Waals surface area contributed by atoms with Gasteiger partial charge in [-0.2, -0.15) is 4.98 Å². The maximum absolute atomic E-state index is 11.8. The van der Waals surface area contributed by atoms with Crippen LogP contribution < -0.4 is 20.1 Å². The smallest absolute Gasteiger partial charge is 0.271 e. The fraction of sp³-hybridized carbons (Fsp3) is 0.312. The number of anilines is 1. The number of nitrogens with two attached hydrogens (primary N) is 1. The number of hydrogen-bond donors (Lipinski definition) is 1. The average molecular weight is 365 g/mol. The van der Waals surface area contributed by atoms with Crippen LogP contribution in [0.4, 0.5) is 5.95 Å². The van der Waals surface area contributed by atoms with Gasteiger partial charge in [0.1, 0.15) is 11.5 Å². The van der Waals surface area contributed by atoms with Crippen LogP contribution in [0.5, 0.6) is 17.2 Å². The molecular weight excluding hydrogens is 348 g/mol. The Bertz CT molecular complexity index is 781. The number of ether oxygens (including phenoxy) is 3. The van der Waals surface area contributed by atoms with Gasteiger partial charge in [0, 0.05) is 19.2 Å². The highest BCUT2D eigenvalue weighted by Crippen LogP contribution is 2.33. The fourth-order valence-corrected chi connectivity index (χ4v) is 2.56. The summed E-state index contributed by atoms with van der Waals surface area (Å²) in [4.78, 5) is 22.2. The highest BCUT2D eigenvalue weighted by Gasteiger charge is 2.23. The molecule has 9 heteroatoms. The van der Waals surface area contributed by atoms with Crippen molar-refractivity contribution in [2.75, 3.05) is 38.3 Å². The second-order valence-electron chi connectivity index (χ2n) is 5.24. The third-order valence-electron chi connectivity index (χ3n) is 3.60. The fourth-order valence-electron chi connectivity index (χ4n) is 2.36. The second-order valence-corrected chi connectivity index (χ2v) is 5.59. The van der Waals surface area contributed by atoms with Gasteiger partial charge in [-0.15, -0.1) is 0 Å². The number of rotatable bonds is 5. The monoisotopic (exact) mass is 364 g/mol. The van der Waals surface area contributed by atoms with Gasteiger partial charge in [0.15, 0.2) is 16.6 Å². The average Bonchev–Trinajstić information content (AvgIpc) is 2.64. The van der Waals surface area contributed by atoms with Crippen molar-refractivity contribution >= 4 is 23.5 Å². The van der Waals surface area contributed by atoms with Gasteiger partial charge >= 0.3 is 0 Å². The zero-order valence-electron chi connectivity index (χ0n) is 13.6. The summed E-state index contributed by atoms with van der Waals surface area (Å²) in [5.74, 6) is 0.600. The van der Waals surface area contributed by atoms with E-state index in [0.717, 1.165) is 0 Å². The summed E-state index contributed by atoms with van der Waals surface area (Å²) in [7, 11) is 1.54. The van der Waals surface area contributed by atoms with E-state index in [9.17, 15) is 4.79 Å². The first-order chi connectivity index (χ1) is 12.1. The molecule has 2 aromatic rings. The number of morpholine rings is 1. The zero-order chi connectivity index (χ0) is 17.8. The predicted octanol–water partition coefficient (Wildman–Crippen LogP) is 1.87. The lowest BCUT2D eigenvalue weighted by Crippen LogP contribution is -2.37. The molecule has 0 spiro atoms. The van der Waals surface area contributed by atoms with Crippen molar-refractivity contribution < 1.29 is 19.0 Å². The third-order valence-corrected chi connectivity index (χ3v) is 3.86. The van der Waals surface area contributed by atoms with E-state index < -0.39 is 5.91 Å². The van der Waals surface area contributed by atoms with Gasteiger partial charge in [0.2, 0.25) is 5.95 Å². The molecule has 0 aliphatic carbocycles. The van der Waals surface area contributed by atoms with E-state index in [0.29, 0.717) is 43.8 Å². The van der Waals surface area contributed by atoms with Gasteiger partial charge in [-0.1, -0.05) is 17.7 Å². The summed E-state index contributed by atoms with van der Waals surface area (Å²) in [5, 5.41) is 0.00751. The van der Waals surface area contributed by atoms with Gasteiger partial charge < -0.3 is 24.8 Å². The number of methoxy groups -OCH3 is 1. The molecule has 0 saturated carbocycles. The molecule has 1 amide bonds. The molecule has 2 heterocycles. The van der Waals surface area contributed by atoms with Gasteiger partial charge in [0.05, 0.1) is 20.3 Å². The molecule has 2 N–H and O–H groups in total. The van der Waals surface area contributed by atoms with Crippen molar-refractivity contribution in [3.8, 4) is 17.2 Å². The lowest BCUT2D eigenvalue weighted by molar-refractivity contribution is 0.0992. The van der Waals surface area contributed by atoms with Gasteiger partial charge in [-0.25, -0.2) is 4.98 Å². The number of hydrogen-bond acceptors (Lipinski definition) is 7. The SMILES string of the molecule is COc1cccc(Oc2c(Cl)nc(N3CCOCC3)nc2C(N)=O)c1. The predicted molar refractivity (Wildman–Crippen MR) is 91.7 cm³/mol. The molecule has 1 fully saturated rings. The normalized spacial score (nSPS) is 14.2. The Morgan fingerprint density at radius 2 is 2.00 bits per heavy atom. The van der Waals surface area contributed by atoms with E-state index in [1.807, 2.05) is 4.90 Å². The minimum Gasteiger partial charge on any atom is -0.497 e. The molecule has 3 rings (SSSR count). The van der Waals surface area contributed by atoms with Gasteiger partial charge in [-0.3, -0.25) is 4.79 Å². The number of amides is 1. The molecule has 0 radical (unpaired) electrons. The van der Waals surface area contributed by atoms with Crippen molar-refractivity contribution in [2.24, 2.45) is 5.73 Å². The van der Waals surface area contributed by atoms with E-state index in [-0.39, 0.29) is 16.6 Å². The molecule has 1 aromatic carbocycles. The number of benzene rings is 1. The number of nitrogens with zero attached hydrogens (tertiary/aromatic N) is 3. The molecule has 1 aromatic heterocycles. The Labute approximate surface area is 149 Å². The highest BCUT2D eigenvalue weighted by atomic mass is 35.5. The topological polar surface area (TPSA) is 99.8 Å². The molecule has 132 valence electrons. The standard InChI is InChI=1S/C16H17ClN4O4/c1-23-10-3-2-4-11(9-10)25-13-12(15(18)22)19-16(20-14(13)17)21-5-7-24-8-6-21/h2-4,9H,5-8H2,1H3,(H2,18,22). The first kappa shape index (κ1) is 17.2. The Morgan fingerprint density at radius 3 is 2.68 bits per heavy atom.